The van der Waals surface area contributed by atoms with E-state index in [4.69, 9.17) is 0 Å². The van der Waals surface area contributed by atoms with Crippen LogP contribution in [0.4, 0.5) is 31.1 Å². The van der Waals surface area contributed by atoms with E-state index < -0.39 is 41.4 Å². The molecule has 2 fully saturated rings. The van der Waals surface area contributed by atoms with E-state index in [1.54, 1.807) is 6.20 Å². The van der Waals surface area contributed by atoms with Gasteiger partial charge in [0.05, 0.1) is 23.4 Å². The number of nitriles is 2. The number of piperidine rings is 2. The molecule has 7 nitrogen and oxygen atoms in total. The van der Waals surface area contributed by atoms with Crippen LogP contribution in [0.15, 0.2) is 36.5 Å². The van der Waals surface area contributed by atoms with E-state index in [-0.39, 0.29) is 30.3 Å². The van der Waals surface area contributed by atoms with Crippen LogP contribution in [0.5, 0.6) is 0 Å². The Morgan fingerprint density at radius 1 is 0.843 bits per heavy atom. The average molecular weight is 720 g/mol. The molecule has 51 heavy (non-hydrogen) atoms. The molecule has 1 amide bonds. The fourth-order valence-corrected chi connectivity index (χ4v) is 7.80. The molecule has 1 aromatic heterocycles. The lowest BCUT2D eigenvalue weighted by molar-refractivity contribution is -0.163. The monoisotopic (exact) mass is 719 g/mol. The second-order valence-electron chi connectivity index (χ2n) is 15.9. The molecule has 3 heterocycles. The van der Waals surface area contributed by atoms with Gasteiger partial charge in [-0.3, -0.25) is 9.88 Å². The molecule has 13 heteroatoms. The van der Waals surface area contributed by atoms with Crippen LogP contribution < -0.4 is 0 Å². The smallest absolute Gasteiger partial charge is 0.422 e. The third-order valence-electron chi connectivity index (χ3n) is 11.6. The quantitative estimate of drug-likeness (QED) is 0.240. The van der Waals surface area contributed by atoms with Crippen molar-refractivity contribution in [3.8, 4) is 23.4 Å². The van der Waals surface area contributed by atoms with Gasteiger partial charge in [0, 0.05) is 44.2 Å². The van der Waals surface area contributed by atoms with Crippen LogP contribution in [-0.2, 0) is 23.9 Å². The molecule has 0 unspecified atom stereocenters. The van der Waals surface area contributed by atoms with Gasteiger partial charge in [-0.25, -0.2) is 4.79 Å². The molecular formula is C38H47F6N5O2. The molecule has 2 aliphatic heterocycles. The van der Waals surface area contributed by atoms with Crippen molar-refractivity contribution in [2.45, 2.75) is 98.5 Å². The molecule has 0 aliphatic carbocycles. The fourth-order valence-electron chi connectivity index (χ4n) is 7.80. The van der Waals surface area contributed by atoms with Crippen molar-refractivity contribution < 1.29 is 35.9 Å². The molecule has 2 aromatic rings. The Labute approximate surface area is 296 Å². The zero-order chi connectivity index (χ0) is 37.9. The number of hydrogen-bond acceptors (Lipinski definition) is 6. The van der Waals surface area contributed by atoms with Crippen LogP contribution in [0.25, 0.3) is 11.3 Å². The van der Waals surface area contributed by atoms with E-state index in [1.807, 2.05) is 19.9 Å². The molecule has 4 rings (SSSR count). The summed E-state index contributed by atoms with van der Waals surface area (Å²) in [6, 6.07) is 11.5. The zero-order valence-corrected chi connectivity index (χ0v) is 30.0. The maximum Gasteiger partial charge on any atom is 0.422 e. The number of aromatic nitrogens is 1. The van der Waals surface area contributed by atoms with E-state index >= 15 is 0 Å². The van der Waals surface area contributed by atoms with E-state index in [9.17, 15) is 41.7 Å². The highest BCUT2D eigenvalue weighted by atomic mass is 19.4. The first-order valence-corrected chi connectivity index (χ1v) is 17.2. The first-order chi connectivity index (χ1) is 23.6. The molecule has 2 saturated heterocycles. The predicted octanol–water partition coefficient (Wildman–Crippen LogP) is 9.57. The fraction of sp³-hybridized carbons (Fsp3) is 0.632. The Balaban J connectivity index is 1.63. The molecule has 0 spiro atoms. The second-order valence-corrected chi connectivity index (χ2v) is 15.9. The number of carbonyl (C=O) groups is 1. The van der Waals surface area contributed by atoms with Gasteiger partial charge in [0.25, 0.3) is 0 Å². The summed E-state index contributed by atoms with van der Waals surface area (Å²) in [7, 11) is 0. The van der Waals surface area contributed by atoms with Crippen LogP contribution >= 0.6 is 0 Å². The number of likely N-dealkylation sites (tertiary alicyclic amines) is 2. The Morgan fingerprint density at radius 2 is 1.39 bits per heavy atom. The number of pyridine rings is 1. The molecule has 0 saturated carbocycles. The molecule has 1 aromatic carbocycles. The number of ether oxygens (including phenoxy) is 1. The number of hydrogen-bond donors (Lipinski definition) is 0. The van der Waals surface area contributed by atoms with Crippen molar-refractivity contribution in [3.05, 3.63) is 53.2 Å². The summed E-state index contributed by atoms with van der Waals surface area (Å²) < 4.78 is 82.4. The normalized spacial score (nSPS) is 18.5. The zero-order valence-electron chi connectivity index (χ0n) is 30.0. The number of rotatable bonds is 9. The number of amides is 1. The minimum atomic E-state index is -4.64. The maximum absolute atomic E-state index is 13.3. The number of carbonyl (C=O) groups excluding carboxylic acids is 1. The average Bonchev–Trinajstić information content (AvgIpc) is 3.04. The number of alkyl halides is 6. The summed E-state index contributed by atoms with van der Waals surface area (Å²) in [4.78, 5) is 20.7. The van der Waals surface area contributed by atoms with Gasteiger partial charge in [0.15, 0.2) is 6.61 Å². The lowest BCUT2D eigenvalue weighted by Gasteiger charge is -2.51. The summed E-state index contributed by atoms with van der Waals surface area (Å²) >= 11 is 0. The van der Waals surface area contributed by atoms with Crippen molar-refractivity contribution in [3.63, 3.8) is 0 Å². The molecule has 278 valence electrons. The Hall–Kier alpha value is -3.84. The highest BCUT2D eigenvalue weighted by Gasteiger charge is 2.48. The summed E-state index contributed by atoms with van der Waals surface area (Å²) in [5.74, 6) is 0. The van der Waals surface area contributed by atoms with E-state index in [2.05, 4.69) is 47.5 Å². The molecular weight excluding hydrogens is 672 g/mol. The van der Waals surface area contributed by atoms with Crippen LogP contribution in [0, 0.1) is 44.3 Å². The molecule has 0 radical (unpaired) electrons. The SMILES string of the molecule is CC(C)(C)C1(CC#N)CCN(Cc2cnc(-c3ccc(C(F)(F)F)cc3)cc2CC(C)(C)C2(CC#N)CCN(C(=O)OCC(F)(F)F)CC2)CC1. The highest BCUT2D eigenvalue weighted by Crippen LogP contribution is 2.52. The summed E-state index contributed by atoms with van der Waals surface area (Å²) in [5, 5.41) is 19.6. The first kappa shape index (κ1) is 39.9. The van der Waals surface area contributed by atoms with Gasteiger partial charge in [-0.15, -0.1) is 0 Å². The van der Waals surface area contributed by atoms with Crippen molar-refractivity contribution in [1.29, 1.82) is 10.5 Å². The first-order valence-electron chi connectivity index (χ1n) is 17.2. The van der Waals surface area contributed by atoms with Crippen LogP contribution in [-0.4, -0.2) is 59.8 Å². The van der Waals surface area contributed by atoms with Gasteiger partial charge in [-0.1, -0.05) is 46.8 Å². The van der Waals surface area contributed by atoms with Crippen LogP contribution in [0.3, 0.4) is 0 Å². The summed E-state index contributed by atoms with van der Waals surface area (Å²) in [6.45, 7) is 11.3. The van der Waals surface area contributed by atoms with Crippen LogP contribution in [0.1, 0.15) is 89.8 Å². The van der Waals surface area contributed by atoms with Crippen molar-refractivity contribution in [1.82, 2.24) is 14.8 Å². The highest BCUT2D eigenvalue weighted by molar-refractivity contribution is 5.67. The van der Waals surface area contributed by atoms with E-state index in [1.165, 1.54) is 17.0 Å². The van der Waals surface area contributed by atoms with Crippen molar-refractivity contribution >= 4 is 6.09 Å². The number of halogens is 6. The standard InChI is InChI=1S/C38H47F6N5O2/c1-33(2,3)35(10-16-45)12-18-48(19-13-35)25-29-24-47-31(27-6-8-30(9-7-27)38(42,43)44)22-28(29)23-34(4,5)36(11-17-46)14-20-49(21-15-36)32(50)51-26-37(39,40)41/h6-9,22,24H,10-15,18-21,23,25-26H2,1-5H3. The van der Waals surface area contributed by atoms with Gasteiger partial charge < -0.3 is 9.64 Å². The topological polar surface area (TPSA) is 93.3 Å². The van der Waals surface area contributed by atoms with Gasteiger partial charge >= 0.3 is 18.4 Å². The van der Waals surface area contributed by atoms with Crippen molar-refractivity contribution in [2.24, 2.45) is 21.7 Å². The number of nitrogens with zero attached hydrogens (tertiary/aromatic N) is 5. The lowest BCUT2D eigenvalue weighted by atomic mass is 9.57. The van der Waals surface area contributed by atoms with Gasteiger partial charge in [-0.2, -0.15) is 36.9 Å². The van der Waals surface area contributed by atoms with Crippen molar-refractivity contribution in [2.75, 3.05) is 32.8 Å². The van der Waals surface area contributed by atoms with Gasteiger partial charge in [0.2, 0.25) is 0 Å². The van der Waals surface area contributed by atoms with Gasteiger partial charge in [0.1, 0.15) is 0 Å². The van der Waals surface area contributed by atoms with E-state index in [0.717, 1.165) is 49.2 Å². The molecule has 0 atom stereocenters. The molecule has 2 aliphatic rings. The third-order valence-corrected chi connectivity index (χ3v) is 11.6. The van der Waals surface area contributed by atoms with E-state index in [0.29, 0.717) is 43.5 Å². The summed E-state index contributed by atoms with van der Waals surface area (Å²) in [6.07, 6.45) is -4.80. The second kappa shape index (κ2) is 15.0. The third kappa shape index (κ3) is 9.34. The van der Waals surface area contributed by atoms with Crippen LogP contribution in [0.2, 0.25) is 0 Å². The Kier molecular flexibility index (Phi) is 11.8. The summed E-state index contributed by atoms with van der Waals surface area (Å²) in [5.41, 5.74) is 0.857. The Morgan fingerprint density at radius 3 is 1.90 bits per heavy atom. The molecule has 0 N–H and O–H groups in total. The van der Waals surface area contributed by atoms with Gasteiger partial charge in [-0.05, 0) is 96.2 Å². The number of benzene rings is 1. The minimum Gasteiger partial charge on any atom is -0.440 e. The largest absolute Gasteiger partial charge is 0.440 e. The maximum atomic E-state index is 13.3. The molecule has 0 bridgehead atoms. The lowest BCUT2D eigenvalue weighted by Crippen LogP contribution is -2.50. The predicted molar refractivity (Wildman–Crippen MR) is 180 cm³/mol. The minimum absolute atomic E-state index is 0.0470. The Bertz CT molecular complexity index is 1600.